The topological polar surface area (TPSA) is 61.4 Å². The highest BCUT2D eigenvalue weighted by Crippen LogP contribution is 2.27. The lowest BCUT2D eigenvalue weighted by molar-refractivity contribution is -0.116. The van der Waals surface area contributed by atoms with Crippen LogP contribution in [0.5, 0.6) is 0 Å². The van der Waals surface area contributed by atoms with E-state index in [0.717, 1.165) is 63.7 Å². The Morgan fingerprint density at radius 2 is 1.72 bits per heavy atom. The number of rotatable bonds is 11. The Balaban J connectivity index is 1.67. The van der Waals surface area contributed by atoms with E-state index in [4.69, 9.17) is 0 Å². The van der Waals surface area contributed by atoms with Crippen LogP contribution in [0.15, 0.2) is 48.5 Å². The van der Waals surface area contributed by atoms with Crippen molar-refractivity contribution >= 4 is 23.2 Å². The van der Waals surface area contributed by atoms with Gasteiger partial charge in [-0.2, -0.15) is 0 Å². The molecule has 1 saturated heterocycles. The van der Waals surface area contributed by atoms with Crippen molar-refractivity contribution in [1.82, 2.24) is 5.32 Å². The van der Waals surface area contributed by atoms with E-state index >= 15 is 0 Å². The van der Waals surface area contributed by atoms with E-state index in [9.17, 15) is 9.59 Å². The van der Waals surface area contributed by atoms with Crippen molar-refractivity contribution in [3.05, 3.63) is 59.7 Å². The average molecular weight is 436 g/mol. The van der Waals surface area contributed by atoms with Crippen LogP contribution >= 0.6 is 0 Å². The molecule has 0 spiro atoms. The van der Waals surface area contributed by atoms with E-state index in [-0.39, 0.29) is 11.8 Å². The summed E-state index contributed by atoms with van der Waals surface area (Å²) >= 11 is 0. The molecule has 0 atom stereocenters. The van der Waals surface area contributed by atoms with Gasteiger partial charge in [0.2, 0.25) is 5.91 Å². The van der Waals surface area contributed by atoms with Crippen molar-refractivity contribution in [2.75, 3.05) is 29.9 Å². The number of hydrogen-bond acceptors (Lipinski definition) is 3. The molecule has 0 bridgehead atoms. The van der Waals surface area contributed by atoms with E-state index < -0.39 is 0 Å². The normalized spacial score (nSPS) is 13.6. The highest BCUT2D eigenvalue weighted by atomic mass is 16.2. The Morgan fingerprint density at radius 1 is 0.938 bits per heavy atom. The molecule has 0 saturated carbocycles. The minimum absolute atomic E-state index is 0.0160. The summed E-state index contributed by atoms with van der Waals surface area (Å²) in [7, 11) is 0. The zero-order chi connectivity index (χ0) is 22.6. The number of piperidine rings is 1. The maximum atomic E-state index is 13.1. The summed E-state index contributed by atoms with van der Waals surface area (Å²) in [6.45, 7) is 4.67. The number of nitrogens with zero attached hydrogens (tertiary/aromatic N) is 1. The van der Waals surface area contributed by atoms with Crippen LogP contribution in [0.4, 0.5) is 11.4 Å². The second-order valence-corrected chi connectivity index (χ2v) is 8.63. The predicted octanol–water partition coefficient (Wildman–Crippen LogP) is 5.56. The molecule has 2 amide bonds. The Hall–Kier alpha value is -2.82. The molecule has 0 aromatic heterocycles. The third-order valence-electron chi connectivity index (χ3n) is 6.02. The molecular weight excluding hydrogens is 398 g/mol. The highest BCUT2D eigenvalue weighted by molar-refractivity contribution is 6.02. The molecule has 32 heavy (non-hydrogen) atoms. The van der Waals surface area contributed by atoms with Crippen LogP contribution in [-0.4, -0.2) is 31.4 Å². The van der Waals surface area contributed by atoms with Gasteiger partial charge >= 0.3 is 0 Å². The Morgan fingerprint density at radius 3 is 2.47 bits per heavy atom. The average Bonchev–Trinajstić information content (AvgIpc) is 2.83. The van der Waals surface area contributed by atoms with Crippen molar-refractivity contribution in [2.24, 2.45) is 0 Å². The smallest absolute Gasteiger partial charge is 0.253 e. The number of nitrogens with one attached hydrogen (secondary N) is 2. The Labute approximate surface area is 192 Å². The van der Waals surface area contributed by atoms with Crippen molar-refractivity contribution in [2.45, 2.75) is 64.7 Å². The number of unbranched alkanes of at least 4 members (excludes halogenated alkanes) is 3. The van der Waals surface area contributed by atoms with E-state index in [0.29, 0.717) is 24.2 Å². The first-order valence-corrected chi connectivity index (χ1v) is 12.2. The molecule has 5 heteroatoms. The lowest BCUT2D eigenvalue weighted by Crippen LogP contribution is -2.33. The van der Waals surface area contributed by atoms with Gasteiger partial charge in [0.25, 0.3) is 5.91 Å². The largest absolute Gasteiger partial charge is 0.371 e. The third kappa shape index (κ3) is 7.40. The van der Waals surface area contributed by atoms with E-state index in [2.05, 4.69) is 34.6 Å². The molecule has 2 aromatic carbocycles. The zero-order valence-corrected chi connectivity index (χ0v) is 19.4. The minimum atomic E-state index is -0.0828. The van der Waals surface area contributed by atoms with Gasteiger partial charge in [-0.05, 0) is 55.9 Å². The first-order valence-electron chi connectivity index (χ1n) is 12.2. The summed E-state index contributed by atoms with van der Waals surface area (Å²) in [5.74, 6) is -0.0668. The maximum absolute atomic E-state index is 13.1. The molecular formula is C27H37N3O2. The monoisotopic (exact) mass is 435 g/mol. The van der Waals surface area contributed by atoms with E-state index in [1.165, 1.54) is 12.0 Å². The molecule has 2 aromatic rings. The molecule has 1 fully saturated rings. The third-order valence-corrected chi connectivity index (χ3v) is 6.02. The minimum Gasteiger partial charge on any atom is -0.371 e. The van der Waals surface area contributed by atoms with E-state index in [1.54, 1.807) is 0 Å². The second kappa shape index (κ2) is 12.9. The fourth-order valence-electron chi connectivity index (χ4n) is 4.20. The molecule has 1 aliphatic heterocycles. The summed E-state index contributed by atoms with van der Waals surface area (Å²) in [5, 5.41) is 6.07. The van der Waals surface area contributed by atoms with Gasteiger partial charge in [0.1, 0.15) is 0 Å². The van der Waals surface area contributed by atoms with Crippen LogP contribution in [0.2, 0.25) is 0 Å². The number of amides is 2. The highest BCUT2D eigenvalue weighted by Gasteiger charge is 2.19. The first kappa shape index (κ1) is 23.8. The van der Waals surface area contributed by atoms with Gasteiger partial charge in [-0.3, -0.25) is 9.59 Å². The van der Waals surface area contributed by atoms with Gasteiger partial charge in [0, 0.05) is 37.4 Å². The number of carbonyl (C=O) groups excluding carboxylic acids is 2. The number of benzene rings is 2. The van der Waals surface area contributed by atoms with Crippen LogP contribution < -0.4 is 15.5 Å². The molecule has 2 N–H and O–H groups in total. The van der Waals surface area contributed by atoms with Crippen LogP contribution in [0.25, 0.3) is 0 Å². The van der Waals surface area contributed by atoms with Gasteiger partial charge in [-0.15, -0.1) is 0 Å². The second-order valence-electron chi connectivity index (χ2n) is 8.63. The lowest BCUT2D eigenvalue weighted by Gasteiger charge is -2.30. The molecule has 0 unspecified atom stereocenters. The molecule has 0 aliphatic carbocycles. The van der Waals surface area contributed by atoms with Crippen molar-refractivity contribution in [1.29, 1.82) is 0 Å². The van der Waals surface area contributed by atoms with Crippen LogP contribution in [0.3, 0.4) is 0 Å². The van der Waals surface area contributed by atoms with Gasteiger partial charge in [0.05, 0.1) is 5.56 Å². The van der Waals surface area contributed by atoms with Crippen LogP contribution in [0.1, 0.15) is 74.2 Å². The summed E-state index contributed by atoms with van der Waals surface area (Å²) in [4.78, 5) is 27.8. The standard InChI is InChI=1S/C27H37N3O2/c1-2-3-4-9-14-26(31)29-23-15-16-25(30-19-10-6-11-20-30)24(21-23)27(32)28-18-17-22-12-7-5-8-13-22/h5,7-8,12-13,15-16,21H,2-4,6,9-11,14,17-20H2,1H3,(H,28,32)(H,29,31). The van der Waals surface area contributed by atoms with Crippen molar-refractivity contribution < 1.29 is 9.59 Å². The molecule has 5 nitrogen and oxygen atoms in total. The van der Waals surface area contributed by atoms with Crippen LogP contribution in [0, 0.1) is 0 Å². The van der Waals surface area contributed by atoms with Gasteiger partial charge < -0.3 is 15.5 Å². The number of anilines is 2. The Bertz CT molecular complexity index is 860. The molecule has 1 heterocycles. The molecule has 3 rings (SSSR count). The van der Waals surface area contributed by atoms with Gasteiger partial charge in [0.15, 0.2) is 0 Å². The number of hydrogen-bond donors (Lipinski definition) is 2. The quantitative estimate of drug-likeness (QED) is 0.454. The molecule has 172 valence electrons. The summed E-state index contributed by atoms with van der Waals surface area (Å²) in [6, 6.07) is 15.9. The first-order chi connectivity index (χ1) is 15.7. The fourth-order valence-corrected chi connectivity index (χ4v) is 4.20. The van der Waals surface area contributed by atoms with Crippen molar-refractivity contribution in [3.8, 4) is 0 Å². The maximum Gasteiger partial charge on any atom is 0.253 e. The molecule has 1 aliphatic rings. The van der Waals surface area contributed by atoms with Crippen LogP contribution in [-0.2, 0) is 11.2 Å². The summed E-state index contributed by atoms with van der Waals surface area (Å²) in [5.41, 5.74) is 3.50. The lowest BCUT2D eigenvalue weighted by atomic mass is 10.1. The fraction of sp³-hybridized carbons (Fsp3) is 0.481. The summed E-state index contributed by atoms with van der Waals surface area (Å²) < 4.78 is 0. The Kier molecular flexibility index (Phi) is 9.60. The van der Waals surface area contributed by atoms with E-state index in [1.807, 2.05) is 36.4 Å². The molecule has 0 radical (unpaired) electrons. The van der Waals surface area contributed by atoms with Gasteiger partial charge in [-0.1, -0.05) is 56.5 Å². The van der Waals surface area contributed by atoms with Gasteiger partial charge in [-0.25, -0.2) is 0 Å². The summed E-state index contributed by atoms with van der Waals surface area (Å²) in [6.07, 6.45) is 9.13. The number of carbonyl (C=O) groups is 2. The zero-order valence-electron chi connectivity index (χ0n) is 19.4. The van der Waals surface area contributed by atoms with Crippen molar-refractivity contribution in [3.63, 3.8) is 0 Å². The SMILES string of the molecule is CCCCCCC(=O)Nc1ccc(N2CCCCC2)c(C(=O)NCCc2ccccc2)c1. The predicted molar refractivity (Wildman–Crippen MR) is 132 cm³/mol.